The number of carbonyl (C=O) groups is 1. The summed E-state index contributed by atoms with van der Waals surface area (Å²) in [6.45, 7) is 0.128. The number of ether oxygens (including phenoxy) is 1. The van der Waals surface area contributed by atoms with Crippen molar-refractivity contribution in [3.63, 3.8) is 0 Å². The van der Waals surface area contributed by atoms with Crippen LogP contribution in [-0.2, 0) is 16.1 Å². The van der Waals surface area contributed by atoms with Crippen LogP contribution in [0.2, 0.25) is 0 Å². The summed E-state index contributed by atoms with van der Waals surface area (Å²) in [5.41, 5.74) is 1.54. The predicted octanol–water partition coefficient (Wildman–Crippen LogP) is 4.47. The first-order chi connectivity index (χ1) is 12.6. The van der Waals surface area contributed by atoms with Gasteiger partial charge in [-0.1, -0.05) is 42.5 Å². The Bertz CT molecular complexity index is 951. The number of thiazole rings is 1. The van der Waals surface area contributed by atoms with E-state index in [-0.39, 0.29) is 12.3 Å². The van der Waals surface area contributed by atoms with E-state index < -0.39 is 10.9 Å². The molecule has 130 valence electrons. The smallest absolute Gasteiger partial charge is 0.331 e. The fourth-order valence-electron chi connectivity index (χ4n) is 2.19. The minimum atomic E-state index is -0.522. The van der Waals surface area contributed by atoms with Crippen LogP contribution in [0, 0.1) is 10.1 Å². The standard InChI is InChI=1S/C19H14N2O4S/c22-18(10-9-14-5-4-8-16(11-14)21(23)24)25-13-17-12-20-19(26-17)15-6-2-1-3-7-15/h1-12H,13H2. The summed E-state index contributed by atoms with van der Waals surface area (Å²) < 4.78 is 5.19. The Morgan fingerprint density at radius 1 is 1.19 bits per heavy atom. The average Bonchev–Trinajstić information content (AvgIpc) is 3.15. The van der Waals surface area contributed by atoms with Crippen LogP contribution in [-0.4, -0.2) is 15.9 Å². The van der Waals surface area contributed by atoms with Gasteiger partial charge in [-0.15, -0.1) is 11.3 Å². The Balaban J connectivity index is 1.57. The molecule has 0 aliphatic carbocycles. The average molecular weight is 366 g/mol. The third kappa shape index (κ3) is 4.61. The lowest BCUT2D eigenvalue weighted by molar-refractivity contribution is -0.384. The third-order valence-corrected chi connectivity index (χ3v) is 4.44. The molecule has 26 heavy (non-hydrogen) atoms. The maximum atomic E-state index is 11.8. The molecule has 0 aliphatic rings. The molecule has 0 radical (unpaired) electrons. The molecule has 0 atom stereocenters. The largest absolute Gasteiger partial charge is 0.457 e. The molecule has 3 rings (SSSR count). The lowest BCUT2D eigenvalue weighted by atomic mass is 10.2. The van der Waals surface area contributed by atoms with E-state index in [2.05, 4.69) is 4.98 Å². The summed E-state index contributed by atoms with van der Waals surface area (Å²) in [5.74, 6) is -0.522. The van der Waals surface area contributed by atoms with Crippen molar-refractivity contribution in [1.82, 2.24) is 4.98 Å². The Morgan fingerprint density at radius 2 is 2.00 bits per heavy atom. The summed E-state index contributed by atoms with van der Waals surface area (Å²) in [5, 5.41) is 11.6. The topological polar surface area (TPSA) is 82.3 Å². The van der Waals surface area contributed by atoms with Crippen LogP contribution < -0.4 is 0 Å². The van der Waals surface area contributed by atoms with Crippen molar-refractivity contribution >= 4 is 29.1 Å². The van der Waals surface area contributed by atoms with Gasteiger partial charge in [0.05, 0.1) is 9.80 Å². The first-order valence-corrected chi connectivity index (χ1v) is 8.53. The van der Waals surface area contributed by atoms with E-state index >= 15 is 0 Å². The highest BCUT2D eigenvalue weighted by Gasteiger charge is 2.07. The highest BCUT2D eigenvalue weighted by Crippen LogP contribution is 2.25. The number of non-ortho nitro benzene ring substituents is 1. The van der Waals surface area contributed by atoms with E-state index in [9.17, 15) is 14.9 Å². The first-order valence-electron chi connectivity index (χ1n) is 7.71. The summed E-state index contributed by atoms with van der Waals surface area (Å²) in [4.78, 5) is 27.2. The molecule has 0 saturated heterocycles. The Morgan fingerprint density at radius 3 is 2.77 bits per heavy atom. The number of nitrogens with zero attached hydrogens (tertiary/aromatic N) is 2. The van der Waals surface area contributed by atoms with Crippen molar-refractivity contribution in [1.29, 1.82) is 0 Å². The molecule has 0 bridgehead atoms. The van der Waals surface area contributed by atoms with Crippen LogP contribution in [0.5, 0.6) is 0 Å². The second-order valence-corrected chi connectivity index (χ2v) is 6.41. The second-order valence-electron chi connectivity index (χ2n) is 5.29. The zero-order chi connectivity index (χ0) is 18.4. The van der Waals surface area contributed by atoms with Gasteiger partial charge in [-0.25, -0.2) is 9.78 Å². The highest BCUT2D eigenvalue weighted by molar-refractivity contribution is 7.15. The van der Waals surface area contributed by atoms with Gasteiger partial charge in [0.15, 0.2) is 0 Å². The maximum Gasteiger partial charge on any atom is 0.331 e. The van der Waals surface area contributed by atoms with Crippen LogP contribution in [0.15, 0.2) is 66.9 Å². The Kier molecular flexibility index (Phi) is 5.50. The number of carbonyl (C=O) groups excluding carboxylic acids is 1. The Labute approximate surface area is 153 Å². The van der Waals surface area contributed by atoms with Crippen LogP contribution in [0.3, 0.4) is 0 Å². The molecule has 6 nitrogen and oxygen atoms in total. The van der Waals surface area contributed by atoms with Crippen LogP contribution >= 0.6 is 11.3 Å². The van der Waals surface area contributed by atoms with E-state index in [0.29, 0.717) is 5.56 Å². The zero-order valence-electron chi connectivity index (χ0n) is 13.6. The first kappa shape index (κ1) is 17.5. The molecule has 0 spiro atoms. The number of nitro groups is 1. The molecule has 1 heterocycles. The van der Waals surface area contributed by atoms with Crippen molar-refractivity contribution in [3.05, 3.63) is 87.4 Å². The summed E-state index contributed by atoms with van der Waals surface area (Å²) in [6.07, 6.45) is 4.42. The van der Waals surface area contributed by atoms with Crippen LogP contribution in [0.1, 0.15) is 10.4 Å². The molecule has 0 aliphatic heterocycles. The van der Waals surface area contributed by atoms with E-state index in [1.54, 1.807) is 18.3 Å². The quantitative estimate of drug-likeness (QED) is 0.278. The minimum absolute atomic E-state index is 0.0291. The molecule has 2 aromatic carbocycles. The van der Waals surface area contributed by atoms with Crippen LogP contribution in [0.25, 0.3) is 16.6 Å². The Hall–Kier alpha value is -3.32. The molecule has 0 saturated carbocycles. The number of benzene rings is 2. The van der Waals surface area contributed by atoms with Crippen molar-refractivity contribution in [2.24, 2.45) is 0 Å². The summed E-state index contributed by atoms with van der Waals surface area (Å²) in [7, 11) is 0. The molecule has 0 amide bonds. The number of esters is 1. The normalized spacial score (nSPS) is 10.8. The van der Waals surface area contributed by atoms with Gasteiger partial charge in [-0.2, -0.15) is 0 Å². The van der Waals surface area contributed by atoms with Gasteiger partial charge in [0.1, 0.15) is 11.6 Å². The number of hydrogen-bond donors (Lipinski definition) is 0. The minimum Gasteiger partial charge on any atom is -0.457 e. The van der Waals surface area contributed by atoms with E-state index in [1.165, 1.54) is 35.6 Å². The van der Waals surface area contributed by atoms with Crippen LogP contribution in [0.4, 0.5) is 5.69 Å². The van der Waals surface area contributed by atoms with Gasteiger partial charge in [0.25, 0.3) is 5.69 Å². The van der Waals surface area contributed by atoms with Gasteiger partial charge in [-0.05, 0) is 11.6 Å². The molecule has 0 fully saturated rings. The molecule has 7 heteroatoms. The summed E-state index contributed by atoms with van der Waals surface area (Å²) in [6, 6.07) is 15.8. The highest BCUT2D eigenvalue weighted by atomic mass is 32.1. The van der Waals surface area contributed by atoms with Gasteiger partial charge in [0.2, 0.25) is 0 Å². The molecular weight excluding hydrogens is 352 g/mol. The molecular formula is C19H14N2O4S. The number of nitro benzene ring substituents is 1. The molecule has 3 aromatic rings. The van der Waals surface area contributed by atoms with E-state index in [4.69, 9.17) is 4.74 Å². The van der Waals surface area contributed by atoms with Gasteiger partial charge < -0.3 is 4.74 Å². The number of hydrogen-bond acceptors (Lipinski definition) is 6. The van der Waals surface area contributed by atoms with Gasteiger partial charge in [0, 0.05) is 30.0 Å². The third-order valence-electron chi connectivity index (χ3n) is 3.42. The van der Waals surface area contributed by atoms with E-state index in [1.807, 2.05) is 30.3 Å². The fourth-order valence-corrected chi connectivity index (χ4v) is 3.02. The van der Waals surface area contributed by atoms with E-state index in [0.717, 1.165) is 15.4 Å². The monoisotopic (exact) mass is 366 g/mol. The number of rotatable bonds is 6. The maximum absolute atomic E-state index is 11.8. The number of aromatic nitrogens is 1. The van der Waals surface area contributed by atoms with Crippen molar-refractivity contribution in [2.75, 3.05) is 0 Å². The van der Waals surface area contributed by atoms with Crippen molar-refractivity contribution in [3.8, 4) is 10.6 Å². The van der Waals surface area contributed by atoms with Gasteiger partial charge >= 0.3 is 5.97 Å². The van der Waals surface area contributed by atoms with Crippen molar-refractivity contribution < 1.29 is 14.5 Å². The molecule has 1 aromatic heterocycles. The second kappa shape index (κ2) is 8.17. The predicted molar refractivity (Wildman–Crippen MR) is 99.5 cm³/mol. The lowest BCUT2D eigenvalue weighted by Gasteiger charge is -1.99. The SMILES string of the molecule is O=C(C=Cc1cccc([N+](=O)[O-])c1)OCc1cnc(-c2ccccc2)s1. The lowest BCUT2D eigenvalue weighted by Crippen LogP contribution is -1.99. The zero-order valence-corrected chi connectivity index (χ0v) is 14.4. The molecule has 0 N–H and O–H groups in total. The van der Waals surface area contributed by atoms with Gasteiger partial charge in [-0.3, -0.25) is 10.1 Å². The van der Waals surface area contributed by atoms with Crippen molar-refractivity contribution in [2.45, 2.75) is 6.61 Å². The fraction of sp³-hybridized carbons (Fsp3) is 0.0526. The molecule has 0 unspecified atom stereocenters. The summed E-state index contributed by atoms with van der Waals surface area (Å²) >= 11 is 1.46.